The highest BCUT2D eigenvalue weighted by Gasteiger charge is 2.19. The van der Waals surface area contributed by atoms with Gasteiger partial charge in [-0.2, -0.15) is 0 Å². The highest BCUT2D eigenvalue weighted by atomic mass is 19.1. The maximum atomic E-state index is 13.5. The smallest absolute Gasteiger partial charge is 0.253 e. The van der Waals surface area contributed by atoms with Gasteiger partial charge in [-0.1, -0.05) is 31.2 Å². The first-order valence-corrected chi connectivity index (χ1v) is 7.01. The topological polar surface area (TPSA) is 52.4 Å². The zero-order valence-corrected chi connectivity index (χ0v) is 11.9. The SMILES string of the molecule is CCC(F)c1ccc(OCC2=C([N+](=O)[O-])CCC=C2)cc1. The number of nitro groups is 1. The quantitative estimate of drug-likeness (QED) is 0.577. The molecule has 1 aliphatic rings. The highest BCUT2D eigenvalue weighted by molar-refractivity contribution is 5.31. The van der Waals surface area contributed by atoms with Crippen molar-refractivity contribution in [2.75, 3.05) is 6.61 Å². The van der Waals surface area contributed by atoms with Gasteiger partial charge in [0.2, 0.25) is 0 Å². The largest absolute Gasteiger partial charge is 0.489 e. The van der Waals surface area contributed by atoms with Crippen molar-refractivity contribution in [3.63, 3.8) is 0 Å². The van der Waals surface area contributed by atoms with Gasteiger partial charge in [0.1, 0.15) is 18.5 Å². The summed E-state index contributed by atoms with van der Waals surface area (Å²) in [6.45, 7) is 1.94. The van der Waals surface area contributed by atoms with Crippen molar-refractivity contribution in [1.82, 2.24) is 0 Å². The fraction of sp³-hybridized carbons (Fsp3) is 0.375. The molecule has 0 saturated carbocycles. The first-order valence-electron chi connectivity index (χ1n) is 7.01. The average molecular weight is 291 g/mol. The Labute approximate surface area is 123 Å². The van der Waals surface area contributed by atoms with Gasteiger partial charge in [-0.05, 0) is 30.5 Å². The molecule has 0 amide bonds. The van der Waals surface area contributed by atoms with Crippen LogP contribution in [0.4, 0.5) is 4.39 Å². The van der Waals surface area contributed by atoms with Crippen LogP contribution in [-0.4, -0.2) is 11.5 Å². The van der Waals surface area contributed by atoms with Crippen molar-refractivity contribution in [2.24, 2.45) is 0 Å². The van der Waals surface area contributed by atoms with E-state index in [9.17, 15) is 14.5 Å². The van der Waals surface area contributed by atoms with Gasteiger partial charge in [-0.25, -0.2) is 4.39 Å². The first-order chi connectivity index (χ1) is 10.1. The molecule has 21 heavy (non-hydrogen) atoms. The van der Waals surface area contributed by atoms with Gasteiger partial charge in [0.15, 0.2) is 0 Å². The number of allylic oxidation sites excluding steroid dienone is 2. The summed E-state index contributed by atoms with van der Waals surface area (Å²) in [6.07, 6.45) is 4.23. The second-order valence-corrected chi connectivity index (χ2v) is 4.90. The highest BCUT2D eigenvalue weighted by Crippen LogP contribution is 2.24. The van der Waals surface area contributed by atoms with Crippen molar-refractivity contribution < 1.29 is 14.1 Å². The van der Waals surface area contributed by atoms with E-state index in [1.54, 1.807) is 37.3 Å². The molecule has 112 valence electrons. The minimum atomic E-state index is -0.968. The van der Waals surface area contributed by atoms with Crippen molar-refractivity contribution in [3.8, 4) is 5.75 Å². The molecule has 0 radical (unpaired) electrons. The summed E-state index contributed by atoms with van der Waals surface area (Å²) in [7, 11) is 0. The molecule has 1 unspecified atom stereocenters. The third-order valence-corrected chi connectivity index (χ3v) is 3.45. The molecule has 4 nitrogen and oxygen atoms in total. The minimum absolute atomic E-state index is 0.152. The lowest BCUT2D eigenvalue weighted by Gasteiger charge is -2.12. The summed E-state index contributed by atoms with van der Waals surface area (Å²) in [5, 5.41) is 10.9. The Morgan fingerprint density at radius 3 is 2.71 bits per heavy atom. The summed E-state index contributed by atoms with van der Waals surface area (Å²) >= 11 is 0. The Balaban J connectivity index is 2.02. The summed E-state index contributed by atoms with van der Waals surface area (Å²) in [4.78, 5) is 10.6. The van der Waals surface area contributed by atoms with E-state index in [0.29, 0.717) is 36.1 Å². The summed E-state index contributed by atoms with van der Waals surface area (Å²) < 4.78 is 19.0. The molecule has 1 aliphatic carbocycles. The van der Waals surface area contributed by atoms with Gasteiger partial charge in [-0.15, -0.1) is 0 Å². The number of ether oxygens (including phenoxy) is 1. The fourth-order valence-corrected chi connectivity index (χ4v) is 2.21. The predicted octanol–water partition coefficient (Wildman–Crippen LogP) is 4.37. The lowest BCUT2D eigenvalue weighted by molar-refractivity contribution is -0.429. The Morgan fingerprint density at radius 1 is 1.38 bits per heavy atom. The fourth-order valence-electron chi connectivity index (χ4n) is 2.21. The van der Waals surface area contributed by atoms with Crippen LogP contribution >= 0.6 is 0 Å². The molecule has 0 heterocycles. The van der Waals surface area contributed by atoms with Crippen LogP contribution in [0.25, 0.3) is 0 Å². The van der Waals surface area contributed by atoms with Gasteiger partial charge in [0, 0.05) is 6.42 Å². The van der Waals surface area contributed by atoms with E-state index in [1.807, 2.05) is 6.08 Å². The number of hydrogen-bond donors (Lipinski definition) is 0. The van der Waals surface area contributed by atoms with Crippen LogP contribution in [0.1, 0.15) is 37.9 Å². The van der Waals surface area contributed by atoms with E-state index in [4.69, 9.17) is 4.74 Å². The van der Waals surface area contributed by atoms with Crippen LogP contribution in [0.3, 0.4) is 0 Å². The Hall–Kier alpha value is -2.17. The summed E-state index contributed by atoms with van der Waals surface area (Å²) in [6, 6.07) is 6.75. The zero-order valence-electron chi connectivity index (χ0n) is 11.9. The molecule has 1 aromatic rings. The second-order valence-electron chi connectivity index (χ2n) is 4.90. The Morgan fingerprint density at radius 2 is 2.10 bits per heavy atom. The molecule has 0 N–H and O–H groups in total. The molecular formula is C16H18FNO3. The third kappa shape index (κ3) is 3.90. The predicted molar refractivity (Wildman–Crippen MR) is 78.5 cm³/mol. The van der Waals surface area contributed by atoms with E-state index in [0.717, 1.165) is 0 Å². The maximum Gasteiger partial charge on any atom is 0.253 e. The number of hydrogen-bond acceptors (Lipinski definition) is 3. The monoisotopic (exact) mass is 291 g/mol. The molecule has 0 aromatic heterocycles. The minimum Gasteiger partial charge on any atom is -0.489 e. The lowest BCUT2D eigenvalue weighted by atomic mass is 10.0. The number of halogens is 1. The third-order valence-electron chi connectivity index (χ3n) is 3.45. The van der Waals surface area contributed by atoms with Gasteiger partial charge >= 0.3 is 0 Å². The number of nitrogens with zero attached hydrogens (tertiary/aromatic N) is 1. The molecule has 2 rings (SSSR count). The van der Waals surface area contributed by atoms with Gasteiger partial charge in [0.25, 0.3) is 5.70 Å². The average Bonchev–Trinajstić information content (AvgIpc) is 2.52. The van der Waals surface area contributed by atoms with Crippen LogP contribution in [0.15, 0.2) is 47.7 Å². The number of rotatable bonds is 6. The zero-order chi connectivity index (χ0) is 15.2. The van der Waals surface area contributed by atoms with Gasteiger partial charge in [0.05, 0.1) is 10.5 Å². The lowest BCUT2D eigenvalue weighted by Crippen LogP contribution is -2.10. The normalized spacial score (nSPS) is 15.9. The molecule has 1 atom stereocenters. The summed E-state index contributed by atoms with van der Waals surface area (Å²) in [5.74, 6) is 0.580. The van der Waals surface area contributed by atoms with Crippen LogP contribution in [0, 0.1) is 10.1 Å². The Bertz CT molecular complexity index is 563. The van der Waals surface area contributed by atoms with E-state index in [-0.39, 0.29) is 17.2 Å². The van der Waals surface area contributed by atoms with E-state index in [2.05, 4.69) is 0 Å². The van der Waals surface area contributed by atoms with Crippen molar-refractivity contribution >= 4 is 0 Å². The summed E-state index contributed by atoms with van der Waals surface area (Å²) in [5.41, 5.74) is 1.42. The first kappa shape index (κ1) is 15.2. The van der Waals surface area contributed by atoms with Crippen molar-refractivity contribution in [1.29, 1.82) is 0 Å². The van der Waals surface area contributed by atoms with Crippen molar-refractivity contribution in [2.45, 2.75) is 32.4 Å². The molecule has 5 heteroatoms. The van der Waals surface area contributed by atoms with Crippen LogP contribution < -0.4 is 4.74 Å². The molecular weight excluding hydrogens is 273 g/mol. The molecule has 0 fully saturated rings. The number of benzene rings is 1. The molecule has 0 bridgehead atoms. The van der Waals surface area contributed by atoms with Crippen LogP contribution in [0.5, 0.6) is 5.75 Å². The molecule has 0 aliphatic heterocycles. The maximum absolute atomic E-state index is 13.5. The van der Waals surface area contributed by atoms with Gasteiger partial charge < -0.3 is 4.74 Å². The second kappa shape index (κ2) is 7.02. The van der Waals surface area contributed by atoms with E-state index in [1.165, 1.54) is 0 Å². The molecule has 0 spiro atoms. The van der Waals surface area contributed by atoms with Gasteiger partial charge in [-0.3, -0.25) is 10.1 Å². The van der Waals surface area contributed by atoms with Crippen molar-refractivity contribution in [3.05, 3.63) is 63.4 Å². The van der Waals surface area contributed by atoms with E-state index >= 15 is 0 Å². The van der Waals surface area contributed by atoms with Crippen LogP contribution in [0.2, 0.25) is 0 Å². The Kier molecular flexibility index (Phi) is 5.09. The number of alkyl halides is 1. The standard InChI is InChI=1S/C16H18FNO3/c1-2-15(17)12-7-9-14(10-8-12)21-11-13-5-3-4-6-16(13)18(19)20/h3,5,7-10,15H,2,4,6,11H2,1H3. The van der Waals surface area contributed by atoms with E-state index < -0.39 is 6.17 Å². The van der Waals surface area contributed by atoms with Crippen LogP contribution in [-0.2, 0) is 0 Å². The molecule has 0 saturated heterocycles. The molecule has 1 aromatic carbocycles.